The summed E-state index contributed by atoms with van der Waals surface area (Å²) in [5, 5.41) is 10.6. The first-order valence-corrected chi connectivity index (χ1v) is 8.16. The van der Waals surface area contributed by atoms with Gasteiger partial charge in [0.15, 0.2) is 11.5 Å². The van der Waals surface area contributed by atoms with Crippen LogP contribution in [-0.4, -0.2) is 24.6 Å². The summed E-state index contributed by atoms with van der Waals surface area (Å²) in [6.07, 6.45) is 0. The Bertz CT molecular complexity index is 775. The van der Waals surface area contributed by atoms with Gasteiger partial charge in [0.2, 0.25) is 0 Å². The van der Waals surface area contributed by atoms with Gasteiger partial charge in [-0.05, 0) is 52.7 Å². The maximum Gasteiger partial charge on any atom is 0.338 e. The van der Waals surface area contributed by atoms with Crippen molar-refractivity contribution in [3.05, 3.63) is 62.1 Å². The molecule has 2 rings (SSSR count). The fraction of sp³-hybridized carbons (Fsp3) is 0.235. The Morgan fingerprint density at radius 1 is 1.24 bits per heavy atom. The molecule has 2 aromatic carbocycles. The van der Waals surface area contributed by atoms with Crippen LogP contribution in [0.5, 0.6) is 11.5 Å². The molecule has 0 atom stereocenters. The molecule has 0 fully saturated rings. The van der Waals surface area contributed by atoms with E-state index in [1.807, 2.05) is 6.92 Å². The molecule has 0 aromatic heterocycles. The largest absolute Gasteiger partial charge is 0.493 e. The van der Waals surface area contributed by atoms with Gasteiger partial charge in [0.1, 0.15) is 6.61 Å². The van der Waals surface area contributed by atoms with E-state index in [1.165, 1.54) is 25.3 Å². The van der Waals surface area contributed by atoms with Gasteiger partial charge in [-0.2, -0.15) is 0 Å². The molecule has 0 saturated carbocycles. The number of rotatable bonds is 7. The molecular formula is C17H16BrNO6. The maximum absolute atomic E-state index is 12.2. The zero-order chi connectivity index (χ0) is 18.4. The zero-order valence-corrected chi connectivity index (χ0v) is 15.2. The van der Waals surface area contributed by atoms with Crippen molar-refractivity contribution >= 4 is 27.6 Å². The predicted octanol–water partition coefficient (Wildman–Crippen LogP) is 4.12. The van der Waals surface area contributed by atoms with Gasteiger partial charge >= 0.3 is 5.97 Å². The number of carbonyl (C=O) groups is 1. The average Bonchev–Trinajstić information content (AvgIpc) is 2.61. The van der Waals surface area contributed by atoms with Crippen molar-refractivity contribution < 1.29 is 23.9 Å². The van der Waals surface area contributed by atoms with Gasteiger partial charge in [0.05, 0.1) is 28.7 Å². The number of ether oxygens (including phenoxy) is 3. The molecule has 0 N–H and O–H groups in total. The fourth-order valence-electron chi connectivity index (χ4n) is 2.07. The van der Waals surface area contributed by atoms with Crippen LogP contribution in [0.25, 0.3) is 0 Å². The average molecular weight is 410 g/mol. The SMILES string of the molecule is CCOc1c(Br)cc(C(=O)OCc2ccc([N+](=O)[O-])cc2)cc1OC. The minimum absolute atomic E-state index is 0.00394. The van der Waals surface area contributed by atoms with Crippen LogP contribution < -0.4 is 9.47 Å². The van der Waals surface area contributed by atoms with Crippen LogP contribution >= 0.6 is 15.9 Å². The van der Waals surface area contributed by atoms with Crippen molar-refractivity contribution in [1.82, 2.24) is 0 Å². The van der Waals surface area contributed by atoms with Crippen LogP contribution in [0.15, 0.2) is 40.9 Å². The number of carbonyl (C=O) groups excluding carboxylic acids is 1. The van der Waals surface area contributed by atoms with Crippen LogP contribution in [0, 0.1) is 10.1 Å². The highest BCUT2D eigenvalue weighted by Crippen LogP contribution is 2.36. The molecule has 0 aliphatic heterocycles. The Hall–Kier alpha value is -2.61. The Morgan fingerprint density at radius 3 is 2.48 bits per heavy atom. The topological polar surface area (TPSA) is 87.9 Å². The first kappa shape index (κ1) is 18.7. The standard InChI is InChI=1S/C17H16BrNO6/c1-3-24-16-14(18)8-12(9-15(16)23-2)17(20)25-10-11-4-6-13(7-5-11)19(21)22/h4-9H,3,10H2,1-2H3. The Morgan fingerprint density at radius 2 is 1.92 bits per heavy atom. The van der Waals surface area contributed by atoms with E-state index in [4.69, 9.17) is 14.2 Å². The van der Waals surface area contributed by atoms with E-state index >= 15 is 0 Å². The summed E-state index contributed by atoms with van der Waals surface area (Å²) in [7, 11) is 1.48. The van der Waals surface area contributed by atoms with Gasteiger partial charge in [-0.25, -0.2) is 4.79 Å². The van der Waals surface area contributed by atoms with Crippen molar-refractivity contribution in [1.29, 1.82) is 0 Å². The summed E-state index contributed by atoms with van der Waals surface area (Å²) in [6.45, 7) is 2.31. The number of hydrogen-bond donors (Lipinski definition) is 0. The third-order valence-corrected chi connectivity index (χ3v) is 3.86. The second-order valence-corrected chi connectivity index (χ2v) is 5.78. The van der Waals surface area contributed by atoms with Gasteiger partial charge in [0, 0.05) is 12.1 Å². The Balaban J connectivity index is 2.10. The first-order chi connectivity index (χ1) is 12.0. The molecule has 0 spiro atoms. The van der Waals surface area contributed by atoms with Gasteiger partial charge < -0.3 is 14.2 Å². The third-order valence-electron chi connectivity index (χ3n) is 3.27. The lowest BCUT2D eigenvalue weighted by atomic mass is 10.2. The highest BCUT2D eigenvalue weighted by Gasteiger charge is 2.16. The van der Waals surface area contributed by atoms with Gasteiger partial charge in [-0.15, -0.1) is 0 Å². The molecule has 132 valence electrons. The number of benzene rings is 2. The Kier molecular flexibility index (Phi) is 6.35. The van der Waals surface area contributed by atoms with Crippen molar-refractivity contribution in [3.63, 3.8) is 0 Å². The number of esters is 1. The molecule has 0 aliphatic rings. The predicted molar refractivity (Wildman–Crippen MR) is 94.1 cm³/mol. The summed E-state index contributed by atoms with van der Waals surface area (Å²) in [5.74, 6) is 0.385. The zero-order valence-electron chi connectivity index (χ0n) is 13.7. The minimum Gasteiger partial charge on any atom is -0.493 e. The molecule has 0 aliphatic carbocycles. The molecule has 0 amide bonds. The maximum atomic E-state index is 12.2. The Labute approximate surface area is 152 Å². The molecule has 8 heteroatoms. The van der Waals surface area contributed by atoms with E-state index < -0.39 is 10.9 Å². The minimum atomic E-state index is -0.541. The van der Waals surface area contributed by atoms with Crippen LogP contribution in [0.4, 0.5) is 5.69 Å². The molecule has 25 heavy (non-hydrogen) atoms. The summed E-state index contributed by atoms with van der Waals surface area (Å²) in [4.78, 5) is 22.4. The molecule has 7 nitrogen and oxygen atoms in total. The van der Waals surface area contributed by atoms with E-state index in [0.717, 1.165) is 0 Å². The van der Waals surface area contributed by atoms with Crippen LogP contribution in [0.3, 0.4) is 0 Å². The quantitative estimate of drug-likeness (QED) is 0.388. The van der Waals surface area contributed by atoms with Crippen LogP contribution in [-0.2, 0) is 11.3 Å². The van der Waals surface area contributed by atoms with Gasteiger partial charge in [0.25, 0.3) is 5.69 Å². The summed E-state index contributed by atoms with van der Waals surface area (Å²) in [5.41, 5.74) is 0.931. The van der Waals surface area contributed by atoms with Crippen molar-refractivity contribution in [3.8, 4) is 11.5 Å². The molecule has 2 aromatic rings. The van der Waals surface area contributed by atoms with Crippen LogP contribution in [0.2, 0.25) is 0 Å². The smallest absolute Gasteiger partial charge is 0.338 e. The fourth-order valence-corrected chi connectivity index (χ4v) is 2.62. The van der Waals surface area contributed by atoms with E-state index in [0.29, 0.717) is 33.7 Å². The van der Waals surface area contributed by atoms with E-state index in [9.17, 15) is 14.9 Å². The highest BCUT2D eigenvalue weighted by atomic mass is 79.9. The number of halogens is 1. The number of nitro groups is 1. The molecule has 0 radical (unpaired) electrons. The molecule has 0 unspecified atom stereocenters. The number of nitro benzene ring substituents is 1. The summed E-state index contributed by atoms with van der Waals surface area (Å²) in [6, 6.07) is 8.93. The molecule has 0 bridgehead atoms. The van der Waals surface area contributed by atoms with Crippen molar-refractivity contribution in [2.24, 2.45) is 0 Å². The van der Waals surface area contributed by atoms with E-state index in [2.05, 4.69) is 15.9 Å². The second-order valence-electron chi connectivity index (χ2n) is 4.92. The lowest BCUT2D eigenvalue weighted by Gasteiger charge is -2.13. The normalized spacial score (nSPS) is 10.2. The third kappa shape index (κ3) is 4.69. The number of hydrogen-bond acceptors (Lipinski definition) is 6. The van der Waals surface area contributed by atoms with Gasteiger partial charge in [-0.1, -0.05) is 0 Å². The van der Waals surface area contributed by atoms with Crippen LogP contribution in [0.1, 0.15) is 22.8 Å². The van der Waals surface area contributed by atoms with Crippen molar-refractivity contribution in [2.45, 2.75) is 13.5 Å². The monoisotopic (exact) mass is 409 g/mol. The lowest BCUT2D eigenvalue weighted by Crippen LogP contribution is -2.07. The van der Waals surface area contributed by atoms with Crippen molar-refractivity contribution in [2.75, 3.05) is 13.7 Å². The number of non-ortho nitro benzene ring substituents is 1. The van der Waals surface area contributed by atoms with Gasteiger partial charge in [-0.3, -0.25) is 10.1 Å². The molecule has 0 saturated heterocycles. The van der Waals surface area contributed by atoms with E-state index in [1.54, 1.807) is 18.2 Å². The van der Waals surface area contributed by atoms with E-state index in [-0.39, 0.29) is 12.3 Å². The molecular weight excluding hydrogens is 394 g/mol. The highest BCUT2D eigenvalue weighted by molar-refractivity contribution is 9.10. The number of nitrogens with zero attached hydrogens (tertiary/aromatic N) is 1. The summed E-state index contributed by atoms with van der Waals surface area (Å²) >= 11 is 3.35. The molecule has 0 heterocycles. The first-order valence-electron chi connectivity index (χ1n) is 7.37. The number of methoxy groups -OCH3 is 1. The summed E-state index contributed by atoms with van der Waals surface area (Å²) < 4.78 is 16.5. The second kappa shape index (κ2) is 8.48. The lowest BCUT2D eigenvalue weighted by molar-refractivity contribution is -0.384.